The number of benzene rings is 2. The molecule has 0 saturated heterocycles. The summed E-state index contributed by atoms with van der Waals surface area (Å²) in [5, 5.41) is 11.3. The Morgan fingerprint density at radius 1 is 1.05 bits per heavy atom. The second-order valence-corrected chi connectivity index (χ2v) is 8.79. The molecule has 2 heterocycles. The molecule has 0 saturated carbocycles. The summed E-state index contributed by atoms with van der Waals surface area (Å²) in [5.74, 6) is 0.741. The fourth-order valence-electron chi connectivity index (χ4n) is 3.35. The summed E-state index contributed by atoms with van der Waals surface area (Å²) >= 11 is 7.03. The van der Waals surface area contributed by atoms with Gasteiger partial charge in [-0.2, -0.15) is 13.2 Å². The van der Waals surface area contributed by atoms with Crippen molar-refractivity contribution in [3.05, 3.63) is 71.5 Å². The number of nitrogens with one attached hydrogen (secondary N) is 1. The van der Waals surface area contributed by atoms with Gasteiger partial charge >= 0.3 is 6.18 Å². The minimum atomic E-state index is -4.58. The summed E-state index contributed by atoms with van der Waals surface area (Å²) in [6.07, 6.45) is -1.36. The van der Waals surface area contributed by atoms with Gasteiger partial charge in [0.05, 0.1) is 41.9 Å². The quantitative estimate of drug-likeness (QED) is 0.280. The fraction of sp³-hybridized carbons (Fsp3) is 0.167. The smallest absolute Gasteiger partial charge is 0.416 e. The molecule has 0 aliphatic heterocycles. The number of pyridine rings is 1. The average Bonchev–Trinajstić information content (AvgIpc) is 3.32. The lowest BCUT2D eigenvalue weighted by molar-refractivity contribution is -0.137. The first-order valence-electron chi connectivity index (χ1n) is 10.6. The van der Waals surface area contributed by atoms with E-state index >= 15 is 0 Å². The highest BCUT2D eigenvalue weighted by molar-refractivity contribution is 7.99. The summed E-state index contributed by atoms with van der Waals surface area (Å²) in [4.78, 5) is 16.7. The van der Waals surface area contributed by atoms with E-state index < -0.39 is 17.6 Å². The van der Waals surface area contributed by atoms with Crippen molar-refractivity contribution in [2.45, 2.75) is 11.3 Å². The van der Waals surface area contributed by atoms with Gasteiger partial charge in [-0.3, -0.25) is 14.3 Å². The van der Waals surface area contributed by atoms with Crippen molar-refractivity contribution in [3.63, 3.8) is 0 Å². The largest absolute Gasteiger partial charge is 0.497 e. The van der Waals surface area contributed by atoms with Gasteiger partial charge in [-0.05, 0) is 42.5 Å². The van der Waals surface area contributed by atoms with E-state index in [0.29, 0.717) is 33.7 Å². The average molecular weight is 550 g/mol. The van der Waals surface area contributed by atoms with Crippen molar-refractivity contribution < 1.29 is 27.4 Å². The number of halogens is 4. The van der Waals surface area contributed by atoms with E-state index in [2.05, 4.69) is 20.5 Å². The Morgan fingerprint density at radius 2 is 1.81 bits per heavy atom. The van der Waals surface area contributed by atoms with Crippen LogP contribution in [-0.2, 0) is 11.0 Å². The minimum Gasteiger partial charge on any atom is -0.497 e. The standard InChI is InChI=1S/C24H19ClF3N5O3S/c1-35-16-4-6-20(36-2)19(12-16)33-22(14-7-9-29-10-8-14)31-32-23(33)37-13-21(34)30-18-11-15(24(26,27)28)3-5-17(18)25/h3-12H,13H2,1-2H3,(H,30,34). The first-order chi connectivity index (χ1) is 17.7. The number of ether oxygens (including phenoxy) is 2. The molecule has 0 aliphatic rings. The SMILES string of the molecule is COc1ccc(OC)c(-n2c(SCC(=O)Nc3cc(C(F)(F)F)ccc3Cl)nnc2-c2ccncc2)c1. The Kier molecular flexibility index (Phi) is 7.89. The predicted octanol–water partition coefficient (Wildman–Crippen LogP) is 5.75. The lowest BCUT2D eigenvalue weighted by Gasteiger charge is -2.15. The molecule has 37 heavy (non-hydrogen) atoms. The van der Waals surface area contributed by atoms with Gasteiger partial charge in [0, 0.05) is 24.0 Å². The van der Waals surface area contributed by atoms with Gasteiger partial charge in [-0.15, -0.1) is 10.2 Å². The zero-order chi connectivity index (χ0) is 26.6. The van der Waals surface area contributed by atoms with Crippen molar-refractivity contribution in [2.75, 3.05) is 25.3 Å². The van der Waals surface area contributed by atoms with Gasteiger partial charge in [-0.25, -0.2) is 0 Å². The van der Waals surface area contributed by atoms with Crippen LogP contribution in [-0.4, -0.2) is 45.6 Å². The van der Waals surface area contributed by atoms with Crippen LogP contribution in [0, 0.1) is 0 Å². The molecule has 0 radical (unpaired) electrons. The van der Waals surface area contributed by atoms with Crippen LogP contribution in [0.1, 0.15) is 5.56 Å². The molecule has 0 fully saturated rings. The molecular formula is C24H19ClF3N5O3S. The summed E-state index contributed by atoms with van der Waals surface area (Å²) < 4.78 is 51.8. The molecule has 0 bridgehead atoms. The van der Waals surface area contributed by atoms with Crippen molar-refractivity contribution in [2.24, 2.45) is 0 Å². The zero-order valence-corrected chi connectivity index (χ0v) is 21.0. The maximum Gasteiger partial charge on any atom is 0.416 e. The van der Waals surface area contributed by atoms with Crippen LogP contribution in [0.25, 0.3) is 17.1 Å². The summed E-state index contributed by atoms with van der Waals surface area (Å²) in [6, 6.07) is 11.4. The van der Waals surface area contributed by atoms with Gasteiger partial charge < -0.3 is 14.8 Å². The van der Waals surface area contributed by atoms with Crippen LogP contribution >= 0.6 is 23.4 Å². The number of hydrogen-bond acceptors (Lipinski definition) is 7. The minimum absolute atomic E-state index is 0.0180. The molecule has 1 amide bonds. The highest BCUT2D eigenvalue weighted by atomic mass is 35.5. The summed E-state index contributed by atoms with van der Waals surface area (Å²) in [6.45, 7) is 0. The molecule has 8 nitrogen and oxygen atoms in total. The van der Waals surface area contributed by atoms with Gasteiger partial charge in [0.25, 0.3) is 0 Å². The number of thioether (sulfide) groups is 1. The molecule has 4 rings (SSSR count). The van der Waals surface area contributed by atoms with E-state index in [1.54, 1.807) is 47.3 Å². The molecule has 0 unspecified atom stereocenters. The number of alkyl halides is 3. The second kappa shape index (κ2) is 11.1. The van der Waals surface area contributed by atoms with Crippen molar-refractivity contribution >= 4 is 35.0 Å². The Morgan fingerprint density at radius 3 is 2.49 bits per heavy atom. The van der Waals surface area contributed by atoms with Crippen molar-refractivity contribution in [3.8, 4) is 28.6 Å². The molecular weight excluding hydrogens is 531 g/mol. The first-order valence-corrected chi connectivity index (χ1v) is 11.9. The number of rotatable bonds is 8. The highest BCUT2D eigenvalue weighted by Gasteiger charge is 2.31. The normalized spacial score (nSPS) is 11.3. The van der Waals surface area contributed by atoms with E-state index in [1.807, 2.05) is 0 Å². The van der Waals surface area contributed by atoms with Crippen LogP contribution in [0.3, 0.4) is 0 Å². The molecule has 2 aromatic carbocycles. The van der Waals surface area contributed by atoms with E-state index in [0.717, 1.165) is 30.0 Å². The molecule has 2 aromatic heterocycles. The number of aromatic nitrogens is 4. The molecule has 13 heteroatoms. The predicted molar refractivity (Wildman–Crippen MR) is 134 cm³/mol. The lowest BCUT2D eigenvalue weighted by Crippen LogP contribution is -2.16. The van der Waals surface area contributed by atoms with Gasteiger partial charge in [0.2, 0.25) is 5.91 Å². The lowest BCUT2D eigenvalue weighted by atomic mass is 10.2. The number of anilines is 1. The Balaban J connectivity index is 1.65. The third-order valence-electron chi connectivity index (χ3n) is 5.10. The van der Waals surface area contributed by atoms with Crippen molar-refractivity contribution in [1.82, 2.24) is 19.7 Å². The molecule has 0 atom stereocenters. The molecule has 1 N–H and O–H groups in total. The van der Waals surface area contributed by atoms with Gasteiger partial charge in [-0.1, -0.05) is 23.4 Å². The number of methoxy groups -OCH3 is 2. The zero-order valence-electron chi connectivity index (χ0n) is 19.4. The number of hydrogen-bond donors (Lipinski definition) is 1. The maximum atomic E-state index is 13.1. The molecule has 0 spiro atoms. The first kappa shape index (κ1) is 26.3. The van der Waals surface area contributed by atoms with E-state index in [4.69, 9.17) is 21.1 Å². The fourth-order valence-corrected chi connectivity index (χ4v) is 4.26. The maximum absolute atomic E-state index is 13.1. The monoisotopic (exact) mass is 549 g/mol. The Labute approximate surface area is 218 Å². The molecule has 0 aliphatic carbocycles. The van der Waals surface area contributed by atoms with Crippen LogP contribution in [0.5, 0.6) is 11.5 Å². The third-order valence-corrected chi connectivity index (χ3v) is 6.36. The number of nitrogens with zero attached hydrogens (tertiary/aromatic N) is 4. The topological polar surface area (TPSA) is 91.2 Å². The van der Waals surface area contributed by atoms with Gasteiger partial charge in [0.1, 0.15) is 11.5 Å². The Hall–Kier alpha value is -3.77. The van der Waals surface area contributed by atoms with E-state index in [1.165, 1.54) is 14.2 Å². The van der Waals surface area contributed by atoms with Crippen LogP contribution in [0.4, 0.5) is 18.9 Å². The molecule has 192 valence electrons. The highest BCUT2D eigenvalue weighted by Crippen LogP contribution is 2.36. The number of amides is 1. The van der Waals surface area contributed by atoms with Crippen molar-refractivity contribution in [1.29, 1.82) is 0 Å². The van der Waals surface area contributed by atoms with E-state index in [9.17, 15) is 18.0 Å². The second-order valence-electron chi connectivity index (χ2n) is 7.44. The summed E-state index contributed by atoms with van der Waals surface area (Å²) in [7, 11) is 3.04. The Bertz CT molecular complexity index is 1420. The third kappa shape index (κ3) is 5.97. The van der Waals surface area contributed by atoms with E-state index in [-0.39, 0.29) is 16.5 Å². The van der Waals surface area contributed by atoms with Crippen LogP contribution in [0.2, 0.25) is 5.02 Å². The number of carbonyl (C=O) groups is 1. The number of carbonyl (C=O) groups excluding carboxylic acids is 1. The van der Waals surface area contributed by atoms with Crippen LogP contribution in [0.15, 0.2) is 66.1 Å². The summed E-state index contributed by atoms with van der Waals surface area (Å²) in [5.41, 5.74) is 0.198. The van der Waals surface area contributed by atoms with Crippen LogP contribution < -0.4 is 14.8 Å². The van der Waals surface area contributed by atoms with Gasteiger partial charge in [0.15, 0.2) is 11.0 Å². The molecule has 4 aromatic rings.